The van der Waals surface area contributed by atoms with Crippen LogP contribution >= 0.6 is 23.3 Å². The number of hydrazone groups is 1. The lowest BCUT2D eigenvalue weighted by Gasteiger charge is -2.00. The number of aromatic nitrogens is 3. The molecule has 0 bridgehead atoms. The van der Waals surface area contributed by atoms with Gasteiger partial charge in [0.25, 0.3) is 0 Å². The molecule has 4 aromatic rings. The molecule has 0 atom stereocenters. The first kappa shape index (κ1) is 18.9. The monoisotopic (exact) mass is 416 g/mol. The molecule has 0 radical (unpaired) electrons. The topological polar surface area (TPSA) is 78.9 Å². The summed E-state index contributed by atoms with van der Waals surface area (Å²) in [7, 11) is 0. The second-order valence-electron chi connectivity index (χ2n) is 5.96. The maximum atomic E-state index is 9.36. The molecule has 0 amide bonds. The maximum Gasteiger partial charge on any atom is 0.148 e. The molecule has 0 saturated carbocycles. The Labute approximate surface area is 176 Å². The van der Waals surface area contributed by atoms with Crippen LogP contribution in [0.2, 0.25) is 0 Å². The van der Waals surface area contributed by atoms with E-state index in [1.807, 2.05) is 77.8 Å². The van der Waals surface area contributed by atoms with E-state index in [9.17, 15) is 5.26 Å². The zero-order valence-electron chi connectivity index (χ0n) is 15.5. The van der Waals surface area contributed by atoms with Crippen LogP contribution in [-0.2, 0) is 0 Å². The van der Waals surface area contributed by atoms with Gasteiger partial charge < -0.3 is 0 Å². The molecule has 6 nitrogen and oxygen atoms in total. The van der Waals surface area contributed by atoms with E-state index >= 15 is 0 Å². The molecule has 1 N–H and O–H groups in total. The molecule has 0 aliphatic rings. The van der Waals surface area contributed by atoms with Crippen LogP contribution in [0.15, 0.2) is 77.0 Å². The lowest BCUT2D eigenvalue weighted by Crippen LogP contribution is -1.93. The van der Waals surface area contributed by atoms with E-state index in [1.165, 1.54) is 23.3 Å². The predicted octanol–water partition coefficient (Wildman–Crippen LogP) is 5.04. The predicted molar refractivity (Wildman–Crippen MR) is 119 cm³/mol. The molecule has 0 saturated heterocycles. The summed E-state index contributed by atoms with van der Waals surface area (Å²) in [4.78, 5) is 0. The van der Waals surface area contributed by atoms with Crippen molar-refractivity contribution in [2.45, 2.75) is 5.03 Å². The number of thioether (sulfide) groups is 1. The first-order valence-electron chi connectivity index (χ1n) is 8.73. The minimum atomic E-state index is 0.517. The number of nitrogens with one attached hydrogen (secondary N) is 1. The SMILES string of the molecule is CSc1nsc(N/N=C\c2cn(-c3ccccc3)nc2-c2ccccc2)c1C#N. The normalized spacial score (nSPS) is 10.9. The zero-order valence-corrected chi connectivity index (χ0v) is 17.1. The van der Waals surface area contributed by atoms with Gasteiger partial charge in [0, 0.05) is 17.3 Å². The fourth-order valence-electron chi connectivity index (χ4n) is 2.77. The Balaban J connectivity index is 1.67. The van der Waals surface area contributed by atoms with Gasteiger partial charge in [-0.05, 0) is 29.9 Å². The second kappa shape index (κ2) is 8.73. The highest BCUT2D eigenvalue weighted by Crippen LogP contribution is 2.30. The maximum absolute atomic E-state index is 9.36. The first-order chi connectivity index (χ1) is 14.3. The lowest BCUT2D eigenvalue weighted by molar-refractivity contribution is 0.884. The largest absolute Gasteiger partial charge is 0.266 e. The molecular formula is C21H16N6S2. The number of nitrogens with zero attached hydrogens (tertiary/aromatic N) is 5. The highest BCUT2D eigenvalue weighted by molar-refractivity contribution is 7.98. The molecule has 0 spiro atoms. The Morgan fingerprint density at radius 3 is 2.55 bits per heavy atom. The van der Waals surface area contributed by atoms with E-state index in [2.05, 4.69) is 21.0 Å². The third kappa shape index (κ3) is 4.06. The highest BCUT2D eigenvalue weighted by atomic mass is 32.2. The van der Waals surface area contributed by atoms with Crippen molar-refractivity contribution >= 4 is 34.5 Å². The number of hydrogen-bond donors (Lipinski definition) is 1. The van der Waals surface area contributed by atoms with Crippen molar-refractivity contribution in [3.63, 3.8) is 0 Å². The molecule has 2 heterocycles. The van der Waals surface area contributed by atoms with E-state index in [0.717, 1.165) is 22.5 Å². The number of nitriles is 1. The summed E-state index contributed by atoms with van der Waals surface area (Å²) >= 11 is 2.67. The van der Waals surface area contributed by atoms with Gasteiger partial charge in [0.2, 0.25) is 0 Å². The van der Waals surface area contributed by atoms with Crippen LogP contribution in [-0.4, -0.2) is 26.6 Å². The van der Waals surface area contributed by atoms with Gasteiger partial charge >= 0.3 is 0 Å². The van der Waals surface area contributed by atoms with E-state index in [4.69, 9.17) is 5.10 Å². The quantitative estimate of drug-likeness (QED) is 0.271. The molecule has 2 aromatic carbocycles. The molecule has 142 valence electrons. The molecule has 0 fully saturated rings. The van der Waals surface area contributed by atoms with Gasteiger partial charge in [-0.1, -0.05) is 48.5 Å². The smallest absolute Gasteiger partial charge is 0.148 e. The summed E-state index contributed by atoms with van der Waals surface area (Å²) in [6.45, 7) is 0. The summed E-state index contributed by atoms with van der Waals surface area (Å²) in [6, 6.07) is 22.1. The van der Waals surface area contributed by atoms with Crippen molar-refractivity contribution in [2.24, 2.45) is 5.10 Å². The standard InChI is InChI=1S/C21H16N6S2/c1-28-21-18(12-22)20(29-26-21)24-23-13-16-14-27(17-10-6-3-7-11-17)25-19(16)15-8-4-2-5-9-15/h2-11,13-14,24H,1H3/b23-13-. The van der Waals surface area contributed by atoms with Crippen molar-refractivity contribution in [2.75, 3.05) is 11.7 Å². The Bertz CT molecular complexity index is 1170. The Morgan fingerprint density at radius 2 is 1.86 bits per heavy atom. The Morgan fingerprint density at radius 1 is 1.14 bits per heavy atom. The van der Waals surface area contributed by atoms with Crippen LogP contribution in [0.4, 0.5) is 5.00 Å². The minimum absolute atomic E-state index is 0.517. The molecule has 29 heavy (non-hydrogen) atoms. The summed E-state index contributed by atoms with van der Waals surface area (Å²) in [5.74, 6) is 0. The van der Waals surface area contributed by atoms with E-state index in [1.54, 1.807) is 6.21 Å². The number of hydrogen-bond acceptors (Lipinski definition) is 7. The number of para-hydroxylation sites is 1. The average Bonchev–Trinajstić information content (AvgIpc) is 3.39. The van der Waals surface area contributed by atoms with Crippen molar-refractivity contribution in [1.29, 1.82) is 5.26 Å². The van der Waals surface area contributed by atoms with Crippen LogP contribution < -0.4 is 5.43 Å². The molecule has 0 aliphatic heterocycles. The Hall–Kier alpha value is -3.41. The highest BCUT2D eigenvalue weighted by Gasteiger charge is 2.13. The van der Waals surface area contributed by atoms with Crippen LogP contribution in [0.3, 0.4) is 0 Å². The van der Waals surface area contributed by atoms with Crippen molar-refractivity contribution in [1.82, 2.24) is 14.2 Å². The van der Waals surface area contributed by atoms with Crippen LogP contribution in [0.1, 0.15) is 11.1 Å². The Kier molecular flexibility index (Phi) is 5.70. The van der Waals surface area contributed by atoms with E-state index < -0.39 is 0 Å². The summed E-state index contributed by atoms with van der Waals surface area (Å²) in [6.07, 6.45) is 5.55. The van der Waals surface area contributed by atoms with Gasteiger partial charge in [-0.2, -0.15) is 19.8 Å². The third-order valence-electron chi connectivity index (χ3n) is 4.15. The fraction of sp³-hybridized carbons (Fsp3) is 0.0476. The second-order valence-corrected chi connectivity index (χ2v) is 7.53. The number of rotatable bonds is 6. The first-order valence-corrected chi connectivity index (χ1v) is 10.7. The van der Waals surface area contributed by atoms with Crippen molar-refractivity contribution < 1.29 is 0 Å². The van der Waals surface area contributed by atoms with E-state index in [0.29, 0.717) is 15.6 Å². The van der Waals surface area contributed by atoms with Crippen molar-refractivity contribution in [3.05, 3.63) is 78.0 Å². The molecular weight excluding hydrogens is 400 g/mol. The molecule has 4 rings (SSSR count). The molecule has 0 unspecified atom stereocenters. The van der Waals surface area contributed by atoms with Gasteiger partial charge in [-0.15, -0.1) is 11.8 Å². The van der Waals surface area contributed by atoms with Gasteiger partial charge in [0.1, 0.15) is 27.4 Å². The van der Waals surface area contributed by atoms with Gasteiger partial charge in [-0.3, -0.25) is 5.43 Å². The third-order valence-corrected chi connectivity index (χ3v) is 5.70. The average molecular weight is 417 g/mol. The molecule has 0 aliphatic carbocycles. The van der Waals surface area contributed by atoms with E-state index in [-0.39, 0.29) is 0 Å². The number of anilines is 1. The summed E-state index contributed by atoms with van der Waals surface area (Å²) in [5.41, 5.74) is 7.13. The van der Waals surface area contributed by atoms with Gasteiger partial charge in [0.05, 0.1) is 11.9 Å². The van der Waals surface area contributed by atoms with Crippen LogP contribution in [0, 0.1) is 11.3 Å². The molecule has 8 heteroatoms. The summed E-state index contributed by atoms with van der Waals surface area (Å²) < 4.78 is 6.11. The van der Waals surface area contributed by atoms with Gasteiger partial charge in [0.15, 0.2) is 0 Å². The van der Waals surface area contributed by atoms with Crippen LogP contribution in [0.5, 0.6) is 0 Å². The summed E-state index contributed by atoms with van der Waals surface area (Å²) in [5, 5.41) is 19.8. The van der Waals surface area contributed by atoms with Crippen LogP contribution in [0.25, 0.3) is 16.9 Å². The number of benzene rings is 2. The van der Waals surface area contributed by atoms with Crippen molar-refractivity contribution in [3.8, 4) is 23.0 Å². The van der Waals surface area contributed by atoms with Gasteiger partial charge in [-0.25, -0.2) is 4.68 Å². The molecule has 2 aromatic heterocycles. The zero-order chi connectivity index (χ0) is 20.1. The fourth-order valence-corrected chi connectivity index (χ4v) is 4.18. The lowest BCUT2D eigenvalue weighted by atomic mass is 10.1. The minimum Gasteiger partial charge on any atom is -0.266 e.